The predicted octanol–water partition coefficient (Wildman–Crippen LogP) is 5.09. The van der Waals surface area contributed by atoms with Crippen LogP contribution in [0.2, 0.25) is 0 Å². The molecule has 0 heterocycles. The highest BCUT2D eigenvalue weighted by Gasteiger charge is 2.20. The lowest BCUT2D eigenvalue weighted by Crippen LogP contribution is -2.41. The zero-order valence-electron chi connectivity index (χ0n) is 19.2. The summed E-state index contributed by atoms with van der Waals surface area (Å²) in [4.78, 5) is 0. The molecule has 0 aliphatic carbocycles. The van der Waals surface area contributed by atoms with Crippen molar-refractivity contribution in [3.63, 3.8) is 0 Å². The summed E-state index contributed by atoms with van der Waals surface area (Å²) in [7, 11) is 3.23. The van der Waals surface area contributed by atoms with Crippen molar-refractivity contribution in [2.75, 3.05) is 20.8 Å². The van der Waals surface area contributed by atoms with Gasteiger partial charge in [0.1, 0.15) is 23.1 Å². The Bertz CT molecular complexity index is 961. The van der Waals surface area contributed by atoms with Gasteiger partial charge in [-0.1, -0.05) is 24.3 Å². The van der Waals surface area contributed by atoms with Crippen LogP contribution in [0.3, 0.4) is 0 Å². The molecule has 0 aliphatic heterocycles. The monoisotopic (exact) mass is 455 g/mol. The first-order valence-electron chi connectivity index (χ1n) is 11.0. The van der Waals surface area contributed by atoms with Gasteiger partial charge in [0.25, 0.3) is 0 Å². The maximum absolute atomic E-state index is 13.5. The van der Waals surface area contributed by atoms with Crippen LogP contribution >= 0.6 is 0 Å². The summed E-state index contributed by atoms with van der Waals surface area (Å²) in [5.74, 6) is 0.827. The van der Waals surface area contributed by atoms with Gasteiger partial charge in [-0.2, -0.15) is 0 Å². The third-order valence-electron chi connectivity index (χ3n) is 5.89. The SMILES string of the molecule is COc1ccc(OC)c(CC(NCCC(c2ccc(F)cc2)c2ccc(F)cc2)C(C)O)c1. The molecule has 176 valence electrons. The number of hydrogen-bond acceptors (Lipinski definition) is 4. The van der Waals surface area contributed by atoms with E-state index >= 15 is 0 Å². The number of halogens is 2. The molecule has 3 aromatic carbocycles. The summed E-state index contributed by atoms with van der Waals surface area (Å²) in [5.41, 5.74) is 2.84. The molecule has 0 bridgehead atoms. The fourth-order valence-corrected chi connectivity index (χ4v) is 4.02. The summed E-state index contributed by atoms with van der Waals surface area (Å²) in [6, 6.07) is 18.2. The summed E-state index contributed by atoms with van der Waals surface area (Å²) in [6.45, 7) is 2.35. The molecule has 6 heteroatoms. The standard InChI is InChI=1S/C27H31F2NO3/c1-18(31)26(17-21-16-24(32-2)12-13-27(21)33-3)30-15-14-25(19-4-8-22(28)9-5-19)20-6-10-23(29)11-7-20/h4-13,16,18,25-26,30-31H,14-15,17H2,1-3H3. The molecule has 0 spiro atoms. The Kier molecular flexibility index (Phi) is 8.80. The van der Waals surface area contributed by atoms with Crippen LogP contribution < -0.4 is 14.8 Å². The fourth-order valence-electron chi connectivity index (χ4n) is 4.02. The number of ether oxygens (including phenoxy) is 2. The van der Waals surface area contributed by atoms with Gasteiger partial charge in [-0.25, -0.2) is 8.78 Å². The maximum atomic E-state index is 13.5. The van der Waals surface area contributed by atoms with E-state index < -0.39 is 6.10 Å². The van der Waals surface area contributed by atoms with Crippen molar-refractivity contribution in [2.24, 2.45) is 0 Å². The molecular formula is C27H31F2NO3. The van der Waals surface area contributed by atoms with E-state index in [2.05, 4.69) is 5.32 Å². The van der Waals surface area contributed by atoms with Crippen LogP contribution in [-0.4, -0.2) is 38.0 Å². The zero-order chi connectivity index (χ0) is 23.8. The molecule has 4 nitrogen and oxygen atoms in total. The lowest BCUT2D eigenvalue weighted by molar-refractivity contribution is 0.144. The molecule has 0 saturated heterocycles. The molecule has 3 rings (SSSR count). The average Bonchev–Trinajstić information content (AvgIpc) is 2.82. The van der Waals surface area contributed by atoms with Gasteiger partial charge in [0.05, 0.1) is 20.3 Å². The Morgan fingerprint density at radius 3 is 1.91 bits per heavy atom. The fraction of sp³-hybridized carbons (Fsp3) is 0.333. The van der Waals surface area contributed by atoms with Crippen LogP contribution in [0.1, 0.15) is 36.0 Å². The molecule has 0 aromatic heterocycles. The van der Waals surface area contributed by atoms with Crippen LogP contribution in [-0.2, 0) is 6.42 Å². The number of benzene rings is 3. The average molecular weight is 456 g/mol. The first kappa shape index (κ1) is 24.7. The highest BCUT2D eigenvalue weighted by Crippen LogP contribution is 2.29. The molecule has 0 aliphatic rings. The number of hydrogen-bond donors (Lipinski definition) is 2. The summed E-state index contributed by atoms with van der Waals surface area (Å²) >= 11 is 0. The highest BCUT2D eigenvalue weighted by atomic mass is 19.1. The maximum Gasteiger partial charge on any atom is 0.123 e. The van der Waals surface area contributed by atoms with Gasteiger partial charge >= 0.3 is 0 Å². The molecule has 2 atom stereocenters. The summed E-state index contributed by atoms with van der Waals surface area (Å²) in [6.07, 6.45) is 0.641. The predicted molar refractivity (Wildman–Crippen MR) is 126 cm³/mol. The number of nitrogens with one attached hydrogen (secondary N) is 1. The van der Waals surface area contributed by atoms with Crippen LogP contribution in [0.25, 0.3) is 0 Å². The van der Waals surface area contributed by atoms with Gasteiger partial charge in [0, 0.05) is 12.0 Å². The third kappa shape index (κ3) is 6.76. The van der Waals surface area contributed by atoms with E-state index in [0.717, 1.165) is 28.2 Å². The lowest BCUT2D eigenvalue weighted by atomic mass is 9.88. The van der Waals surface area contributed by atoms with E-state index in [1.54, 1.807) is 45.4 Å². The molecule has 0 amide bonds. The van der Waals surface area contributed by atoms with Crippen molar-refractivity contribution in [1.82, 2.24) is 5.32 Å². The quantitative estimate of drug-likeness (QED) is 0.423. The van der Waals surface area contributed by atoms with Crippen molar-refractivity contribution in [2.45, 2.75) is 37.8 Å². The molecular weight excluding hydrogens is 424 g/mol. The molecule has 0 saturated carbocycles. The summed E-state index contributed by atoms with van der Waals surface area (Å²) < 4.78 is 37.7. The minimum atomic E-state index is -0.601. The topological polar surface area (TPSA) is 50.7 Å². The van der Waals surface area contributed by atoms with Gasteiger partial charge in [0.15, 0.2) is 0 Å². The molecule has 2 unspecified atom stereocenters. The molecule has 33 heavy (non-hydrogen) atoms. The van der Waals surface area contributed by atoms with Crippen LogP contribution in [0.4, 0.5) is 8.78 Å². The number of aliphatic hydroxyl groups is 1. The van der Waals surface area contributed by atoms with E-state index in [1.165, 1.54) is 24.3 Å². The Morgan fingerprint density at radius 2 is 1.42 bits per heavy atom. The van der Waals surface area contributed by atoms with Crippen molar-refractivity contribution in [3.8, 4) is 11.5 Å². The van der Waals surface area contributed by atoms with E-state index in [4.69, 9.17) is 9.47 Å². The second kappa shape index (κ2) is 11.8. The Balaban J connectivity index is 1.74. The highest BCUT2D eigenvalue weighted by molar-refractivity contribution is 5.41. The van der Waals surface area contributed by atoms with E-state index in [-0.39, 0.29) is 23.6 Å². The number of rotatable bonds is 11. The van der Waals surface area contributed by atoms with Crippen molar-refractivity contribution >= 4 is 0 Å². The molecule has 0 fully saturated rings. The van der Waals surface area contributed by atoms with Crippen molar-refractivity contribution in [3.05, 3.63) is 95.1 Å². The zero-order valence-corrected chi connectivity index (χ0v) is 19.2. The molecule has 2 N–H and O–H groups in total. The van der Waals surface area contributed by atoms with Crippen molar-refractivity contribution < 1.29 is 23.4 Å². The number of aliphatic hydroxyl groups excluding tert-OH is 1. The smallest absolute Gasteiger partial charge is 0.123 e. The minimum Gasteiger partial charge on any atom is -0.497 e. The summed E-state index contributed by atoms with van der Waals surface area (Å²) in [5, 5.41) is 13.9. The van der Waals surface area contributed by atoms with Gasteiger partial charge in [-0.3, -0.25) is 0 Å². The van der Waals surface area contributed by atoms with E-state index in [0.29, 0.717) is 19.4 Å². The number of methoxy groups -OCH3 is 2. The van der Waals surface area contributed by atoms with Gasteiger partial charge in [-0.05, 0) is 85.5 Å². The Hall–Kier alpha value is -2.96. The largest absolute Gasteiger partial charge is 0.497 e. The van der Waals surface area contributed by atoms with Gasteiger partial charge < -0.3 is 19.9 Å². The van der Waals surface area contributed by atoms with Crippen molar-refractivity contribution in [1.29, 1.82) is 0 Å². The van der Waals surface area contributed by atoms with Gasteiger partial charge in [0.2, 0.25) is 0 Å². The lowest BCUT2D eigenvalue weighted by Gasteiger charge is -2.25. The third-order valence-corrected chi connectivity index (χ3v) is 5.89. The normalized spacial score (nSPS) is 13.1. The van der Waals surface area contributed by atoms with E-state index in [1.807, 2.05) is 18.2 Å². The Morgan fingerprint density at radius 1 is 0.848 bits per heavy atom. The minimum absolute atomic E-state index is 0.0419. The van der Waals surface area contributed by atoms with Crippen LogP contribution in [0.5, 0.6) is 11.5 Å². The second-order valence-electron chi connectivity index (χ2n) is 8.13. The van der Waals surface area contributed by atoms with Crippen LogP contribution in [0.15, 0.2) is 66.7 Å². The first-order chi connectivity index (χ1) is 15.9. The van der Waals surface area contributed by atoms with Crippen LogP contribution in [0, 0.1) is 11.6 Å². The molecule has 3 aromatic rings. The van der Waals surface area contributed by atoms with E-state index in [9.17, 15) is 13.9 Å². The Labute approximate surface area is 194 Å². The second-order valence-corrected chi connectivity index (χ2v) is 8.13. The molecule has 0 radical (unpaired) electrons. The van der Waals surface area contributed by atoms with Gasteiger partial charge in [-0.15, -0.1) is 0 Å². The first-order valence-corrected chi connectivity index (χ1v) is 11.0.